The lowest BCUT2D eigenvalue weighted by molar-refractivity contribution is -0.144. The van der Waals surface area contributed by atoms with Crippen LogP contribution in [0.4, 0.5) is 8.78 Å². The second-order valence-corrected chi connectivity index (χ2v) is 5.98. The largest absolute Gasteiger partial charge is 0.504 e. The zero-order valence-electron chi connectivity index (χ0n) is 12.3. The molecule has 0 aliphatic heterocycles. The first kappa shape index (κ1) is 17.1. The number of carbonyl (C=O) groups is 2. The molecule has 1 N–H and O–H groups in total. The standard InChI is InChI=1S/C15H14F2O5S/c1-7(14(20)21-2)3-10(19)13-5-8-4-9(18)11(22-15(16)17)6-12(8)23-13/h4-7,15,18H,3H2,1-2H3/t7-/m0/s1. The van der Waals surface area contributed by atoms with Crippen LogP contribution in [0.1, 0.15) is 23.0 Å². The Hall–Kier alpha value is -2.22. The number of ether oxygens (including phenoxy) is 2. The van der Waals surface area contributed by atoms with Crippen molar-refractivity contribution < 1.29 is 33.0 Å². The molecule has 0 spiro atoms. The van der Waals surface area contributed by atoms with E-state index in [1.165, 1.54) is 25.3 Å². The Labute approximate surface area is 134 Å². The number of hydrogen-bond donors (Lipinski definition) is 1. The molecule has 1 heterocycles. The molecule has 1 atom stereocenters. The predicted molar refractivity (Wildman–Crippen MR) is 80.2 cm³/mol. The quantitative estimate of drug-likeness (QED) is 0.640. The van der Waals surface area contributed by atoms with Crippen molar-refractivity contribution in [2.45, 2.75) is 20.0 Å². The zero-order chi connectivity index (χ0) is 17.1. The third-order valence-electron chi connectivity index (χ3n) is 3.18. The van der Waals surface area contributed by atoms with Gasteiger partial charge in [-0.3, -0.25) is 9.59 Å². The van der Waals surface area contributed by atoms with Gasteiger partial charge >= 0.3 is 12.6 Å². The van der Waals surface area contributed by atoms with Crippen LogP contribution in [-0.2, 0) is 9.53 Å². The predicted octanol–water partition coefficient (Wildman–Crippen LogP) is 3.59. The van der Waals surface area contributed by atoms with Crippen LogP contribution >= 0.6 is 11.3 Å². The van der Waals surface area contributed by atoms with Gasteiger partial charge in [-0.25, -0.2) is 0 Å². The number of carbonyl (C=O) groups excluding carboxylic acids is 2. The van der Waals surface area contributed by atoms with E-state index in [2.05, 4.69) is 9.47 Å². The molecule has 1 aromatic heterocycles. The second kappa shape index (κ2) is 6.91. The van der Waals surface area contributed by atoms with Crippen molar-refractivity contribution in [2.75, 3.05) is 7.11 Å². The fourth-order valence-electron chi connectivity index (χ4n) is 2.05. The number of Topliss-reactive ketones (excluding diaryl/α,β-unsaturated/α-hetero) is 1. The van der Waals surface area contributed by atoms with E-state index >= 15 is 0 Å². The molecule has 0 radical (unpaired) electrons. The molecule has 0 aliphatic carbocycles. The van der Waals surface area contributed by atoms with Crippen molar-refractivity contribution in [3.05, 3.63) is 23.1 Å². The summed E-state index contributed by atoms with van der Waals surface area (Å²) in [5.41, 5.74) is 0. The Balaban J connectivity index is 2.26. The summed E-state index contributed by atoms with van der Waals surface area (Å²) in [4.78, 5) is 23.9. The molecular weight excluding hydrogens is 330 g/mol. The van der Waals surface area contributed by atoms with Gasteiger partial charge in [-0.1, -0.05) is 6.92 Å². The first-order valence-electron chi connectivity index (χ1n) is 6.64. The summed E-state index contributed by atoms with van der Waals surface area (Å²) in [6.07, 6.45) is -0.0220. The summed E-state index contributed by atoms with van der Waals surface area (Å²) in [6, 6.07) is 4.05. The number of esters is 1. The first-order valence-corrected chi connectivity index (χ1v) is 7.46. The van der Waals surface area contributed by atoms with Gasteiger partial charge in [-0.15, -0.1) is 11.3 Å². The van der Waals surface area contributed by atoms with Gasteiger partial charge in [0.1, 0.15) is 0 Å². The van der Waals surface area contributed by atoms with Gasteiger partial charge < -0.3 is 14.6 Å². The van der Waals surface area contributed by atoms with Crippen molar-refractivity contribution in [3.8, 4) is 11.5 Å². The molecule has 1 aromatic carbocycles. The summed E-state index contributed by atoms with van der Waals surface area (Å²) >= 11 is 1.08. The number of halogens is 2. The van der Waals surface area contributed by atoms with Crippen LogP contribution in [0.5, 0.6) is 11.5 Å². The summed E-state index contributed by atoms with van der Waals surface area (Å²) in [5.74, 6) is -2.11. The number of fused-ring (bicyclic) bond motifs is 1. The monoisotopic (exact) mass is 344 g/mol. The number of benzene rings is 1. The Morgan fingerprint density at radius 1 is 1.30 bits per heavy atom. The molecule has 0 amide bonds. The van der Waals surface area contributed by atoms with Gasteiger partial charge in [0.25, 0.3) is 0 Å². The minimum Gasteiger partial charge on any atom is -0.504 e. The Morgan fingerprint density at radius 2 is 2.00 bits per heavy atom. The van der Waals surface area contributed by atoms with Crippen LogP contribution in [0.2, 0.25) is 0 Å². The van der Waals surface area contributed by atoms with Crippen LogP contribution in [0, 0.1) is 5.92 Å². The number of alkyl halides is 2. The number of phenols is 1. The molecule has 0 saturated heterocycles. The Morgan fingerprint density at radius 3 is 2.61 bits per heavy atom. The number of phenolic OH excluding ortho intramolecular Hbond substituents is 1. The molecule has 8 heteroatoms. The summed E-state index contributed by atoms with van der Waals surface area (Å²) < 4.78 is 33.8. The maximum Gasteiger partial charge on any atom is 0.387 e. The lowest BCUT2D eigenvalue weighted by Gasteiger charge is -2.06. The smallest absolute Gasteiger partial charge is 0.387 e. The molecule has 23 heavy (non-hydrogen) atoms. The highest BCUT2D eigenvalue weighted by Crippen LogP contribution is 2.37. The van der Waals surface area contributed by atoms with Crippen LogP contribution in [0.25, 0.3) is 10.1 Å². The van der Waals surface area contributed by atoms with Gasteiger partial charge in [-0.05, 0) is 17.5 Å². The Bertz CT molecular complexity index is 741. The lowest BCUT2D eigenvalue weighted by atomic mass is 10.0. The van der Waals surface area contributed by atoms with E-state index in [1.54, 1.807) is 6.92 Å². The average molecular weight is 344 g/mol. The first-order chi connectivity index (χ1) is 10.8. The third-order valence-corrected chi connectivity index (χ3v) is 4.32. The van der Waals surface area contributed by atoms with Crippen LogP contribution in [-0.4, -0.2) is 30.6 Å². The highest BCUT2D eigenvalue weighted by Gasteiger charge is 2.20. The maximum atomic E-state index is 12.3. The van der Waals surface area contributed by atoms with Crippen molar-refractivity contribution in [2.24, 2.45) is 5.92 Å². The summed E-state index contributed by atoms with van der Waals surface area (Å²) in [5, 5.41) is 10.2. The average Bonchev–Trinajstić information content (AvgIpc) is 2.88. The van der Waals surface area contributed by atoms with Crippen LogP contribution in [0.3, 0.4) is 0 Å². The van der Waals surface area contributed by atoms with Crippen LogP contribution < -0.4 is 4.74 Å². The van der Waals surface area contributed by atoms with Gasteiger partial charge in [0.15, 0.2) is 17.3 Å². The molecule has 5 nitrogen and oxygen atoms in total. The van der Waals surface area contributed by atoms with E-state index in [0.29, 0.717) is 15.0 Å². The summed E-state index contributed by atoms with van der Waals surface area (Å²) in [7, 11) is 1.25. The molecule has 0 saturated carbocycles. The van der Waals surface area contributed by atoms with E-state index in [1.807, 2.05) is 0 Å². The van der Waals surface area contributed by atoms with E-state index in [0.717, 1.165) is 11.3 Å². The number of thiophene rings is 1. The van der Waals surface area contributed by atoms with Crippen molar-refractivity contribution in [3.63, 3.8) is 0 Å². The number of ketones is 1. The molecule has 2 rings (SSSR count). The topological polar surface area (TPSA) is 72.8 Å². The third kappa shape index (κ3) is 3.95. The molecule has 0 unspecified atom stereocenters. The van der Waals surface area contributed by atoms with Gasteiger partial charge in [0.2, 0.25) is 0 Å². The summed E-state index contributed by atoms with van der Waals surface area (Å²) in [6.45, 7) is -1.47. The number of hydrogen-bond acceptors (Lipinski definition) is 6. The normalized spacial score (nSPS) is 12.4. The molecule has 2 aromatic rings. The van der Waals surface area contributed by atoms with Crippen molar-refractivity contribution >= 4 is 33.2 Å². The van der Waals surface area contributed by atoms with E-state index in [9.17, 15) is 23.5 Å². The van der Waals surface area contributed by atoms with Crippen molar-refractivity contribution in [1.29, 1.82) is 0 Å². The Kier molecular flexibility index (Phi) is 5.15. The molecule has 0 fully saturated rings. The van der Waals surface area contributed by atoms with Crippen LogP contribution in [0.15, 0.2) is 18.2 Å². The van der Waals surface area contributed by atoms with Crippen molar-refractivity contribution in [1.82, 2.24) is 0 Å². The lowest BCUT2D eigenvalue weighted by Crippen LogP contribution is -2.16. The minimum atomic E-state index is -3.06. The van der Waals surface area contributed by atoms with Gasteiger partial charge in [-0.2, -0.15) is 8.78 Å². The fourth-order valence-corrected chi connectivity index (χ4v) is 3.07. The number of aromatic hydroxyl groups is 1. The number of methoxy groups -OCH3 is 1. The highest BCUT2D eigenvalue weighted by molar-refractivity contribution is 7.20. The molecular formula is C15H14F2O5S. The molecule has 124 valence electrons. The number of rotatable bonds is 6. The molecule has 0 aliphatic rings. The minimum absolute atomic E-state index is 0.0220. The van der Waals surface area contributed by atoms with E-state index in [4.69, 9.17) is 0 Å². The fraction of sp³-hybridized carbons (Fsp3) is 0.333. The van der Waals surface area contributed by atoms with Gasteiger partial charge in [0, 0.05) is 17.2 Å². The highest BCUT2D eigenvalue weighted by atomic mass is 32.1. The SMILES string of the molecule is COC(=O)[C@@H](C)CC(=O)c1cc2cc(O)c(OC(F)F)cc2s1. The maximum absolute atomic E-state index is 12.3. The second-order valence-electron chi connectivity index (χ2n) is 4.90. The van der Waals surface area contributed by atoms with Gasteiger partial charge in [0.05, 0.1) is 17.9 Å². The molecule has 0 bridgehead atoms. The zero-order valence-corrected chi connectivity index (χ0v) is 13.2. The van der Waals surface area contributed by atoms with E-state index < -0.39 is 24.2 Å². The van der Waals surface area contributed by atoms with E-state index in [-0.39, 0.29) is 18.0 Å².